The Hall–Kier alpha value is -1.49. The van der Waals surface area contributed by atoms with Crippen LogP contribution in [0.1, 0.15) is 23.7 Å². The van der Waals surface area contributed by atoms with Crippen LogP contribution in [-0.4, -0.2) is 29.9 Å². The van der Waals surface area contributed by atoms with Crippen LogP contribution >= 0.6 is 0 Å². The molecule has 1 fully saturated rings. The summed E-state index contributed by atoms with van der Waals surface area (Å²) in [4.78, 5) is 13.7. The Kier molecular flexibility index (Phi) is 3.61. The van der Waals surface area contributed by atoms with E-state index in [-0.39, 0.29) is 17.5 Å². The highest BCUT2D eigenvalue weighted by Gasteiger charge is 2.28. The number of nitrogens with two attached hydrogens (primary N) is 1. The summed E-state index contributed by atoms with van der Waals surface area (Å²) in [5.41, 5.74) is 5.78. The van der Waals surface area contributed by atoms with E-state index in [1.165, 1.54) is 6.07 Å². The van der Waals surface area contributed by atoms with E-state index < -0.39 is 17.5 Å². The predicted octanol–water partition coefficient (Wildman–Crippen LogP) is 1.77. The van der Waals surface area contributed by atoms with Gasteiger partial charge in [0.2, 0.25) is 0 Å². The SMILES string of the molecule is CC1CN(C(=O)c2ccc(F)cc2F)CCC1N. The standard InChI is InChI=1S/C13H16F2N2O/c1-8-7-17(5-4-12(8)16)13(18)10-3-2-9(14)6-11(10)15/h2-3,6,8,12H,4-5,7,16H2,1H3. The van der Waals surface area contributed by atoms with E-state index >= 15 is 0 Å². The van der Waals surface area contributed by atoms with Crippen molar-refractivity contribution in [2.45, 2.75) is 19.4 Å². The van der Waals surface area contributed by atoms with Crippen LogP contribution in [0.5, 0.6) is 0 Å². The minimum Gasteiger partial charge on any atom is -0.338 e. The van der Waals surface area contributed by atoms with Gasteiger partial charge in [-0.15, -0.1) is 0 Å². The van der Waals surface area contributed by atoms with Crippen molar-refractivity contribution < 1.29 is 13.6 Å². The van der Waals surface area contributed by atoms with Gasteiger partial charge in [-0.3, -0.25) is 4.79 Å². The van der Waals surface area contributed by atoms with Crippen molar-refractivity contribution in [3.63, 3.8) is 0 Å². The Labute approximate surface area is 105 Å². The number of benzene rings is 1. The van der Waals surface area contributed by atoms with Gasteiger partial charge in [-0.25, -0.2) is 8.78 Å². The number of amides is 1. The van der Waals surface area contributed by atoms with E-state index in [0.29, 0.717) is 19.5 Å². The van der Waals surface area contributed by atoms with E-state index in [4.69, 9.17) is 5.73 Å². The second-order valence-electron chi connectivity index (χ2n) is 4.81. The van der Waals surface area contributed by atoms with Crippen molar-refractivity contribution in [3.8, 4) is 0 Å². The Balaban J connectivity index is 2.16. The molecule has 1 aliphatic heterocycles. The lowest BCUT2D eigenvalue weighted by Crippen LogP contribution is -2.48. The molecule has 1 aromatic rings. The van der Waals surface area contributed by atoms with Crippen molar-refractivity contribution in [2.24, 2.45) is 11.7 Å². The molecule has 0 spiro atoms. The number of likely N-dealkylation sites (tertiary alicyclic amines) is 1. The van der Waals surface area contributed by atoms with Crippen molar-refractivity contribution in [1.29, 1.82) is 0 Å². The smallest absolute Gasteiger partial charge is 0.256 e. The maximum atomic E-state index is 13.5. The maximum absolute atomic E-state index is 13.5. The van der Waals surface area contributed by atoms with Crippen LogP contribution in [0.25, 0.3) is 0 Å². The molecular formula is C13H16F2N2O. The zero-order chi connectivity index (χ0) is 13.3. The van der Waals surface area contributed by atoms with Crippen LogP contribution in [0.4, 0.5) is 8.78 Å². The minimum absolute atomic E-state index is 0.0760. The van der Waals surface area contributed by atoms with E-state index in [9.17, 15) is 13.6 Å². The number of carbonyl (C=O) groups excluding carboxylic acids is 1. The normalized spacial score (nSPS) is 24.1. The fraction of sp³-hybridized carbons (Fsp3) is 0.462. The Bertz CT molecular complexity index is 464. The third-order valence-electron chi connectivity index (χ3n) is 3.42. The first-order valence-electron chi connectivity index (χ1n) is 5.99. The first-order chi connectivity index (χ1) is 8.49. The van der Waals surface area contributed by atoms with Gasteiger partial charge in [-0.05, 0) is 24.5 Å². The van der Waals surface area contributed by atoms with Gasteiger partial charge in [-0.1, -0.05) is 6.92 Å². The summed E-state index contributed by atoms with van der Waals surface area (Å²) in [6.07, 6.45) is 0.704. The van der Waals surface area contributed by atoms with Gasteiger partial charge in [0, 0.05) is 25.2 Å². The molecule has 1 aromatic carbocycles. The average Bonchev–Trinajstić information content (AvgIpc) is 2.32. The zero-order valence-corrected chi connectivity index (χ0v) is 10.2. The first-order valence-corrected chi connectivity index (χ1v) is 5.99. The molecule has 18 heavy (non-hydrogen) atoms. The summed E-state index contributed by atoms with van der Waals surface area (Å²) in [7, 11) is 0. The van der Waals surface area contributed by atoms with Crippen LogP contribution in [-0.2, 0) is 0 Å². The molecule has 2 rings (SSSR count). The topological polar surface area (TPSA) is 46.3 Å². The summed E-state index contributed by atoms with van der Waals surface area (Å²) in [6.45, 7) is 2.99. The number of piperidine rings is 1. The molecule has 2 atom stereocenters. The Morgan fingerprint density at radius 2 is 2.17 bits per heavy atom. The van der Waals surface area contributed by atoms with Crippen LogP contribution in [0, 0.1) is 17.6 Å². The monoisotopic (exact) mass is 254 g/mol. The zero-order valence-electron chi connectivity index (χ0n) is 10.2. The van der Waals surface area contributed by atoms with E-state index in [1.807, 2.05) is 6.92 Å². The van der Waals surface area contributed by atoms with Crippen LogP contribution in [0.3, 0.4) is 0 Å². The molecule has 1 amide bonds. The summed E-state index contributed by atoms with van der Waals surface area (Å²) >= 11 is 0. The number of carbonyl (C=O) groups is 1. The van der Waals surface area contributed by atoms with Gasteiger partial charge in [0.15, 0.2) is 0 Å². The summed E-state index contributed by atoms with van der Waals surface area (Å²) < 4.78 is 26.3. The van der Waals surface area contributed by atoms with E-state index in [1.54, 1.807) is 4.90 Å². The Morgan fingerprint density at radius 3 is 2.78 bits per heavy atom. The van der Waals surface area contributed by atoms with Gasteiger partial charge in [0.25, 0.3) is 5.91 Å². The van der Waals surface area contributed by atoms with Crippen LogP contribution in [0.15, 0.2) is 18.2 Å². The molecule has 0 aliphatic carbocycles. The highest BCUT2D eigenvalue weighted by Crippen LogP contribution is 2.19. The van der Waals surface area contributed by atoms with Crippen molar-refractivity contribution in [1.82, 2.24) is 4.90 Å². The predicted molar refractivity (Wildman–Crippen MR) is 64.0 cm³/mol. The molecule has 0 bridgehead atoms. The highest BCUT2D eigenvalue weighted by atomic mass is 19.1. The number of hydrogen-bond donors (Lipinski definition) is 1. The molecule has 1 heterocycles. The summed E-state index contributed by atoms with van der Waals surface area (Å²) in [5.74, 6) is -1.71. The largest absolute Gasteiger partial charge is 0.338 e. The number of hydrogen-bond acceptors (Lipinski definition) is 2. The minimum atomic E-state index is -0.817. The van der Waals surface area contributed by atoms with Crippen LogP contribution < -0.4 is 5.73 Å². The first kappa shape index (κ1) is 13.0. The van der Waals surface area contributed by atoms with Crippen molar-refractivity contribution in [2.75, 3.05) is 13.1 Å². The Morgan fingerprint density at radius 1 is 1.44 bits per heavy atom. The number of rotatable bonds is 1. The average molecular weight is 254 g/mol. The fourth-order valence-corrected chi connectivity index (χ4v) is 2.18. The number of nitrogens with zero attached hydrogens (tertiary/aromatic N) is 1. The third-order valence-corrected chi connectivity index (χ3v) is 3.42. The molecule has 2 unspecified atom stereocenters. The van der Waals surface area contributed by atoms with Crippen molar-refractivity contribution in [3.05, 3.63) is 35.4 Å². The number of halogens is 2. The van der Waals surface area contributed by atoms with E-state index in [0.717, 1.165) is 12.1 Å². The molecule has 3 nitrogen and oxygen atoms in total. The maximum Gasteiger partial charge on any atom is 0.256 e. The molecule has 1 aliphatic rings. The lowest BCUT2D eigenvalue weighted by atomic mass is 9.94. The van der Waals surface area contributed by atoms with Crippen LogP contribution in [0.2, 0.25) is 0 Å². The van der Waals surface area contributed by atoms with Gasteiger partial charge in [0.05, 0.1) is 5.56 Å². The molecule has 98 valence electrons. The van der Waals surface area contributed by atoms with Gasteiger partial charge < -0.3 is 10.6 Å². The lowest BCUT2D eigenvalue weighted by Gasteiger charge is -2.35. The third kappa shape index (κ3) is 2.51. The van der Waals surface area contributed by atoms with Crippen molar-refractivity contribution >= 4 is 5.91 Å². The quantitative estimate of drug-likeness (QED) is 0.830. The lowest BCUT2D eigenvalue weighted by molar-refractivity contribution is 0.0659. The summed E-state index contributed by atoms with van der Waals surface area (Å²) in [6, 6.07) is 3.08. The summed E-state index contributed by atoms with van der Waals surface area (Å²) in [5, 5.41) is 0. The molecule has 0 saturated carbocycles. The molecule has 2 N–H and O–H groups in total. The highest BCUT2D eigenvalue weighted by molar-refractivity contribution is 5.94. The van der Waals surface area contributed by atoms with Gasteiger partial charge in [-0.2, -0.15) is 0 Å². The van der Waals surface area contributed by atoms with Gasteiger partial charge >= 0.3 is 0 Å². The molecule has 1 saturated heterocycles. The molecule has 5 heteroatoms. The second-order valence-corrected chi connectivity index (χ2v) is 4.81. The molecule has 0 aromatic heterocycles. The van der Waals surface area contributed by atoms with Gasteiger partial charge in [0.1, 0.15) is 11.6 Å². The molecule has 0 radical (unpaired) electrons. The fourth-order valence-electron chi connectivity index (χ4n) is 2.18. The molecular weight excluding hydrogens is 238 g/mol. The second kappa shape index (κ2) is 5.02. The van der Waals surface area contributed by atoms with E-state index in [2.05, 4.69) is 0 Å².